The minimum absolute atomic E-state index is 0.147. The third kappa shape index (κ3) is 2.52. The van der Waals surface area contributed by atoms with Gasteiger partial charge in [0.05, 0.1) is 7.11 Å². The Labute approximate surface area is 128 Å². The molecular formula is C17H17ClFNO. The molecule has 0 bridgehead atoms. The Morgan fingerprint density at radius 2 is 1.95 bits per heavy atom. The van der Waals surface area contributed by atoms with Crippen LogP contribution in [0.1, 0.15) is 11.1 Å². The lowest BCUT2D eigenvalue weighted by Crippen LogP contribution is -2.58. The standard InChI is InChI=1S/C17H17ClFNO/c1-21-15-8-4-5-12(16(15)19)9-17(10-20-11-17)13-6-2-3-7-14(13)18/h2-8,20H,9-11H2,1H3. The van der Waals surface area contributed by atoms with Crippen LogP contribution in [0.4, 0.5) is 4.39 Å². The average molecular weight is 306 g/mol. The molecular weight excluding hydrogens is 289 g/mol. The molecule has 3 rings (SSSR count). The maximum atomic E-state index is 14.4. The summed E-state index contributed by atoms with van der Waals surface area (Å²) in [6, 6.07) is 13.1. The Bertz CT molecular complexity index is 655. The molecule has 1 saturated heterocycles. The molecule has 2 nitrogen and oxygen atoms in total. The molecule has 110 valence electrons. The zero-order chi connectivity index (χ0) is 14.9. The van der Waals surface area contributed by atoms with Crippen molar-refractivity contribution in [2.45, 2.75) is 11.8 Å². The highest BCUT2D eigenvalue weighted by Gasteiger charge is 2.40. The summed E-state index contributed by atoms with van der Waals surface area (Å²) < 4.78 is 19.5. The van der Waals surface area contributed by atoms with Gasteiger partial charge in [-0.05, 0) is 29.7 Å². The van der Waals surface area contributed by atoms with Crippen LogP contribution in [0.2, 0.25) is 5.02 Å². The van der Waals surface area contributed by atoms with Crippen molar-refractivity contribution in [1.29, 1.82) is 0 Å². The van der Waals surface area contributed by atoms with Crippen molar-refractivity contribution in [2.24, 2.45) is 0 Å². The number of nitrogens with one attached hydrogen (secondary N) is 1. The molecule has 1 aliphatic rings. The smallest absolute Gasteiger partial charge is 0.168 e. The van der Waals surface area contributed by atoms with Crippen LogP contribution in [0.15, 0.2) is 42.5 Å². The molecule has 0 aliphatic carbocycles. The van der Waals surface area contributed by atoms with Gasteiger partial charge >= 0.3 is 0 Å². The predicted octanol–water partition coefficient (Wildman–Crippen LogP) is 3.57. The van der Waals surface area contributed by atoms with E-state index in [1.807, 2.05) is 36.4 Å². The van der Waals surface area contributed by atoms with Crippen LogP contribution in [-0.2, 0) is 11.8 Å². The predicted molar refractivity (Wildman–Crippen MR) is 82.7 cm³/mol. The van der Waals surface area contributed by atoms with E-state index in [4.69, 9.17) is 16.3 Å². The van der Waals surface area contributed by atoms with Gasteiger partial charge in [0.1, 0.15) is 0 Å². The molecule has 1 heterocycles. The summed E-state index contributed by atoms with van der Waals surface area (Å²) >= 11 is 6.34. The third-order valence-corrected chi connectivity index (χ3v) is 4.49. The lowest BCUT2D eigenvalue weighted by atomic mass is 9.71. The second-order valence-corrected chi connectivity index (χ2v) is 5.88. The van der Waals surface area contributed by atoms with Gasteiger partial charge in [-0.3, -0.25) is 0 Å². The van der Waals surface area contributed by atoms with E-state index < -0.39 is 0 Å². The highest BCUT2D eigenvalue weighted by Crippen LogP contribution is 2.38. The Morgan fingerprint density at radius 3 is 2.57 bits per heavy atom. The van der Waals surface area contributed by atoms with E-state index in [9.17, 15) is 4.39 Å². The summed E-state index contributed by atoms with van der Waals surface area (Å²) in [4.78, 5) is 0. The van der Waals surface area contributed by atoms with Crippen LogP contribution in [0, 0.1) is 5.82 Å². The number of methoxy groups -OCH3 is 1. The first-order valence-corrected chi connectivity index (χ1v) is 7.31. The van der Waals surface area contributed by atoms with Crippen molar-refractivity contribution in [2.75, 3.05) is 20.2 Å². The molecule has 2 aromatic carbocycles. The normalized spacial score (nSPS) is 16.3. The van der Waals surface area contributed by atoms with Gasteiger partial charge in [0.2, 0.25) is 0 Å². The van der Waals surface area contributed by atoms with Gasteiger partial charge in [-0.1, -0.05) is 41.9 Å². The number of halogens is 2. The summed E-state index contributed by atoms with van der Waals surface area (Å²) in [6.07, 6.45) is 0.604. The van der Waals surface area contributed by atoms with Crippen LogP contribution >= 0.6 is 11.6 Å². The second-order valence-electron chi connectivity index (χ2n) is 5.47. The van der Waals surface area contributed by atoms with Gasteiger partial charge in [0.25, 0.3) is 0 Å². The fraction of sp³-hybridized carbons (Fsp3) is 0.294. The van der Waals surface area contributed by atoms with Crippen molar-refractivity contribution in [1.82, 2.24) is 5.32 Å². The first-order valence-electron chi connectivity index (χ1n) is 6.93. The molecule has 0 atom stereocenters. The molecule has 0 unspecified atom stereocenters. The van der Waals surface area contributed by atoms with Crippen molar-refractivity contribution in [3.8, 4) is 5.75 Å². The monoisotopic (exact) mass is 305 g/mol. The minimum Gasteiger partial charge on any atom is -0.494 e. The molecule has 1 aliphatic heterocycles. The molecule has 1 N–H and O–H groups in total. The molecule has 1 fully saturated rings. The number of benzene rings is 2. The molecule has 0 spiro atoms. The molecule has 0 saturated carbocycles. The quantitative estimate of drug-likeness (QED) is 0.932. The zero-order valence-electron chi connectivity index (χ0n) is 11.8. The van der Waals surface area contributed by atoms with E-state index >= 15 is 0 Å². The van der Waals surface area contributed by atoms with E-state index in [1.165, 1.54) is 7.11 Å². The maximum absolute atomic E-state index is 14.4. The third-order valence-electron chi connectivity index (χ3n) is 4.16. The van der Waals surface area contributed by atoms with Gasteiger partial charge < -0.3 is 10.1 Å². The topological polar surface area (TPSA) is 21.3 Å². The largest absolute Gasteiger partial charge is 0.494 e. The molecule has 0 amide bonds. The van der Waals surface area contributed by atoms with E-state index in [0.717, 1.165) is 23.7 Å². The fourth-order valence-corrected chi connectivity index (χ4v) is 3.28. The summed E-state index contributed by atoms with van der Waals surface area (Å²) in [5.41, 5.74) is 1.59. The zero-order valence-corrected chi connectivity index (χ0v) is 12.6. The highest BCUT2D eigenvalue weighted by molar-refractivity contribution is 6.31. The van der Waals surface area contributed by atoms with Crippen molar-refractivity contribution in [3.05, 3.63) is 64.4 Å². The lowest BCUT2D eigenvalue weighted by Gasteiger charge is -2.44. The number of ether oxygens (including phenoxy) is 1. The highest BCUT2D eigenvalue weighted by atomic mass is 35.5. The van der Waals surface area contributed by atoms with Crippen LogP contribution in [-0.4, -0.2) is 20.2 Å². The van der Waals surface area contributed by atoms with E-state index in [-0.39, 0.29) is 17.0 Å². The van der Waals surface area contributed by atoms with Crippen molar-refractivity contribution < 1.29 is 9.13 Å². The first kappa shape index (κ1) is 14.4. The van der Waals surface area contributed by atoms with E-state index in [0.29, 0.717) is 12.0 Å². The molecule has 4 heteroatoms. The Morgan fingerprint density at radius 1 is 1.19 bits per heavy atom. The van der Waals surface area contributed by atoms with Crippen LogP contribution in [0.5, 0.6) is 5.75 Å². The number of hydrogen-bond donors (Lipinski definition) is 1. The maximum Gasteiger partial charge on any atom is 0.168 e. The van der Waals surface area contributed by atoms with Gasteiger partial charge in [0.15, 0.2) is 11.6 Å². The van der Waals surface area contributed by atoms with Crippen molar-refractivity contribution >= 4 is 11.6 Å². The van der Waals surface area contributed by atoms with E-state index in [1.54, 1.807) is 6.07 Å². The number of rotatable bonds is 4. The molecule has 0 aromatic heterocycles. The Balaban J connectivity index is 1.97. The van der Waals surface area contributed by atoms with Gasteiger partial charge in [-0.15, -0.1) is 0 Å². The van der Waals surface area contributed by atoms with E-state index in [2.05, 4.69) is 5.32 Å². The van der Waals surface area contributed by atoms with Crippen molar-refractivity contribution in [3.63, 3.8) is 0 Å². The first-order chi connectivity index (χ1) is 10.2. The second kappa shape index (κ2) is 5.66. The molecule has 21 heavy (non-hydrogen) atoms. The van der Waals surface area contributed by atoms with Crippen LogP contribution in [0.25, 0.3) is 0 Å². The van der Waals surface area contributed by atoms with Gasteiger partial charge in [-0.2, -0.15) is 0 Å². The van der Waals surface area contributed by atoms with Gasteiger partial charge in [-0.25, -0.2) is 4.39 Å². The Hall–Kier alpha value is -1.58. The van der Waals surface area contributed by atoms with Gasteiger partial charge in [0, 0.05) is 23.5 Å². The minimum atomic E-state index is -0.279. The summed E-state index contributed by atoms with van der Waals surface area (Å²) in [6.45, 7) is 1.60. The number of hydrogen-bond acceptors (Lipinski definition) is 2. The Kier molecular flexibility index (Phi) is 3.87. The lowest BCUT2D eigenvalue weighted by molar-refractivity contribution is 0.271. The fourth-order valence-electron chi connectivity index (χ4n) is 2.94. The summed E-state index contributed by atoms with van der Waals surface area (Å²) in [7, 11) is 1.48. The SMILES string of the molecule is COc1cccc(CC2(c3ccccc3Cl)CNC2)c1F. The average Bonchev–Trinajstić information content (AvgIpc) is 2.45. The summed E-state index contributed by atoms with van der Waals surface area (Å²) in [5, 5.41) is 4.02. The van der Waals surface area contributed by atoms with Crippen LogP contribution < -0.4 is 10.1 Å². The molecule has 0 radical (unpaired) electrons. The van der Waals surface area contributed by atoms with Crippen LogP contribution in [0.3, 0.4) is 0 Å². The summed E-state index contributed by atoms with van der Waals surface area (Å²) in [5.74, 6) is 0.00687. The molecule has 2 aromatic rings.